The molecule has 0 saturated carbocycles. The van der Waals surface area contributed by atoms with Gasteiger partial charge in [0.05, 0.1) is 0 Å². The molecular weight excluding hydrogens is 268 g/mol. The van der Waals surface area contributed by atoms with Crippen molar-refractivity contribution in [3.05, 3.63) is 23.8 Å². The maximum atomic E-state index is 12.6. The largest absolute Gasteiger partial charge is 0.454 e. The van der Waals surface area contributed by atoms with Crippen LogP contribution >= 0.6 is 0 Å². The van der Waals surface area contributed by atoms with Crippen LogP contribution in [0.2, 0.25) is 0 Å². The fourth-order valence-corrected chi connectivity index (χ4v) is 3.11. The average Bonchev–Trinajstić information content (AvgIpc) is 2.96. The van der Waals surface area contributed by atoms with Crippen LogP contribution in [0.5, 0.6) is 11.5 Å². The first-order valence-corrected chi connectivity index (χ1v) is 7.61. The Morgan fingerprint density at radius 1 is 1.38 bits per heavy atom. The number of rotatable bonds is 3. The molecule has 1 aromatic rings. The van der Waals surface area contributed by atoms with Gasteiger partial charge in [-0.05, 0) is 37.1 Å². The van der Waals surface area contributed by atoms with Gasteiger partial charge in [0.15, 0.2) is 11.5 Å². The standard InChI is InChI=1S/C16H22N2O3/c1-3-17-13-6-7-18(9-11(13)2)16(19)12-4-5-14-15(8-12)21-10-20-14/h4-5,8,11,13,17H,3,6-7,9-10H2,1-2H3. The van der Waals surface area contributed by atoms with E-state index in [0.29, 0.717) is 29.0 Å². The summed E-state index contributed by atoms with van der Waals surface area (Å²) in [5, 5.41) is 3.49. The minimum absolute atomic E-state index is 0.0788. The van der Waals surface area contributed by atoms with Gasteiger partial charge in [-0.15, -0.1) is 0 Å². The van der Waals surface area contributed by atoms with E-state index in [9.17, 15) is 4.79 Å². The van der Waals surface area contributed by atoms with Crippen LogP contribution in [0.15, 0.2) is 18.2 Å². The molecule has 3 rings (SSSR count). The molecule has 114 valence electrons. The second kappa shape index (κ2) is 5.93. The molecule has 5 heteroatoms. The summed E-state index contributed by atoms with van der Waals surface area (Å²) in [6, 6.07) is 5.92. The van der Waals surface area contributed by atoms with Gasteiger partial charge < -0.3 is 19.7 Å². The monoisotopic (exact) mass is 290 g/mol. The maximum Gasteiger partial charge on any atom is 0.254 e. The fraction of sp³-hybridized carbons (Fsp3) is 0.562. The molecule has 2 aliphatic heterocycles. The number of carbonyl (C=O) groups excluding carboxylic acids is 1. The van der Waals surface area contributed by atoms with Gasteiger partial charge in [-0.3, -0.25) is 4.79 Å². The molecule has 1 saturated heterocycles. The zero-order valence-electron chi connectivity index (χ0n) is 12.6. The topological polar surface area (TPSA) is 50.8 Å². The van der Waals surface area contributed by atoms with Crippen LogP contribution in [0.25, 0.3) is 0 Å². The number of carbonyl (C=O) groups is 1. The summed E-state index contributed by atoms with van der Waals surface area (Å²) in [7, 11) is 0. The molecule has 0 radical (unpaired) electrons. The Morgan fingerprint density at radius 3 is 2.95 bits per heavy atom. The molecule has 2 heterocycles. The van der Waals surface area contributed by atoms with Crippen LogP contribution in [-0.2, 0) is 0 Å². The van der Waals surface area contributed by atoms with E-state index in [0.717, 1.165) is 26.1 Å². The lowest BCUT2D eigenvalue weighted by Gasteiger charge is -2.37. The highest BCUT2D eigenvalue weighted by Gasteiger charge is 2.29. The molecule has 1 fully saturated rings. The number of piperidine rings is 1. The normalized spacial score (nSPS) is 24.2. The lowest BCUT2D eigenvalue weighted by molar-refractivity contribution is 0.0646. The lowest BCUT2D eigenvalue weighted by atomic mass is 9.93. The van der Waals surface area contributed by atoms with E-state index < -0.39 is 0 Å². The number of nitrogens with one attached hydrogen (secondary N) is 1. The number of nitrogens with zero attached hydrogens (tertiary/aromatic N) is 1. The molecular formula is C16H22N2O3. The lowest BCUT2D eigenvalue weighted by Crippen LogP contribution is -2.50. The number of hydrogen-bond donors (Lipinski definition) is 1. The first kappa shape index (κ1) is 14.2. The summed E-state index contributed by atoms with van der Waals surface area (Å²) in [5.41, 5.74) is 0.674. The van der Waals surface area contributed by atoms with E-state index in [1.165, 1.54) is 0 Å². The van der Waals surface area contributed by atoms with Crippen molar-refractivity contribution in [2.24, 2.45) is 5.92 Å². The molecule has 5 nitrogen and oxygen atoms in total. The summed E-state index contributed by atoms with van der Waals surface area (Å²) in [6.07, 6.45) is 1.01. The van der Waals surface area contributed by atoms with E-state index >= 15 is 0 Å². The van der Waals surface area contributed by atoms with Crippen LogP contribution in [0.3, 0.4) is 0 Å². The number of likely N-dealkylation sites (tertiary alicyclic amines) is 1. The number of benzene rings is 1. The van der Waals surface area contributed by atoms with Gasteiger partial charge >= 0.3 is 0 Å². The Bertz CT molecular complexity index is 532. The van der Waals surface area contributed by atoms with Crippen LogP contribution in [0.4, 0.5) is 0 Å². The van der Waals surface area contributed by atoms with E-state index in [-0.39, 0.29) is 12.7 Å². The molecule has 1 aromatic carbocycles. The second-order valence-electron chi connectivity index (χ2n) is 5.75. The molecule has 0 bridgehead atoms. The molecule has 0 aliphatic carbocycles. The van der Waals surface area contributed by atoms with Gasteiger partial charge in [0.2, 0.25) is 6.79 Å². The minimum atomic E-state index is 0.0788. The summed E-state index contributed by atoms with van der Waals surface area (Å²) in [4.78, 5) is 14.6. The Labute approximate surface area is 125 Å². The van der Waals surface area contributed by atoms with E-state index in [2.05, 4.69) is 19.2 Å². The predicted molar refractivity (Wildman–Crippen MR) is 79.7 cm³/mol. The van der Waals surface area contributed by atoms with Crippen LogP contribution in [0.1, 0.15) is 30.6 Å². The number of hydrogen-bond acceptors (Lipinski definition) is 4. The van der Waals surface area contributed by atoms with Gasteiger partial charge in [0.1, 0.15) is 0 Å². The van der Waals surface area contributed by atoms with E-state index in [1.807, 2.05) is 17.0 Å². The summed E-state index contributed by atoms with van der Waals surface area (Å²) < 4.78 is 10.6. The first-order chi connectivity index (χ1) is 10.2. The smallest absolute Gasteiger partial charge is 0.254 e. The van der Waals surface area contributed by atoms with Crippen LogP contribution in [-0.4, -0.2) is 43.3 Å². The van der Waals surface area contributed by atoms with Gasteiger partial charge in [-0.2, -0.15) is 0 Å². The summed E-state index contributed by atoms with van der Waals surface area (Å²) in [6.45, 7) is 7.13. The quantitative estimate of drug-likeness (QED) is 0.923. The molecule has 21 heavy (non-hydrogen) atoms. The van der Waals surface area contributed by atoms with Crippen molar-refractivity contribution in [3.63, 3.8) is 0 Å². The summed E-state index contributed by atoms with van der Waals surface area (Å²) in [5.74, 6) is 1.92. The minimum Gasteiger partial charge on any atom is -0.454 e. The molecule has 1 N–H and O–H groups in total. The van der Waals surface area contributed by atoms with Crippen molar-refractivity contribution >= 4 is 5.91 Å². The SMILES string of the molecule is CCNC1CCN(C(=O)c2ccc3c(c2)OCO3)CC1C. The van der Waals surface area contributed by atoms with Gasteiger partial charge in [-0.1, -0.05) is 13.8 Å². The third kappa shape index (κ3) is 2.83. The predicted octanol–water partition coefficient (Wildman–Crippen LogP) is 1.88. The number of fused-ring (bicyclic) bond motifs is 1. The molecule has 2 atom stereocenters. The van der Waals surface area contributed by atoms with Gasteiger partial charge in [-0.25, -0.2) is 0 Å². The zero-order valence-corrected chi connectivity index (χ0v) is 12.6. The van der Waals surface area contributed by atoms with Crippen molar-refractivity contribution in [2.75, 3.05) is 26.4 Å². The first-order valence-electron chi connectivity index (χ1n) is 7.61. The van der Waals surface area contributed by atoms with Crippen molar-refractivity contribution < 1.29 is 14.3 Å². The van der Waals surface area contributed by atoms with Crippen molar-refractivity contribution in [2.45, 2.75) is 26.3 Å². The highest BCUT2D eigenvalue weighted by molar-refractivity contribution is 5.95. The Kier molecular flexibility index (Phi) is 4.01. The molecule has 0 spiro atoms. The molecule has 1 amide bonds. The number of ether oxygens (including phenoxy) is 2. The highest BCUT2D eigenvalue weighted by atomic mass is 16.7. The second-order valence-corrected chi connectivity index (χ2v) is 5.75. The van der Waals surface area contributed by atoms with Crippen molar-refractivity contribution in [3.8, 4) is 11.5 Å². The Morgan fingerprint density at radius 2 is 2.19 bits per heavy atom. The average molecular weight is 290 g/mol. The van der Waals surface area contributed by atoms with E-state index in [4.69, 9.17) is 9.47 Å². The highest BCUT2D eigenvalue weighted by Crippen LogP contribution is 2.33. The zero-order chi connectivity index (χ0) is 14.8. The maximum absolute atomic E-state index is 12.6. The molecule has 0 aromatic heterocycles. The van der Waals surface area contributed by atoms with Gasteiger partial charge in [0.25, 0.3) is 5.91 Å². The van der Waals surface area contributed by atoms with Gasteiger partial charge in [0, 0.05) is 24.7 Å². The molecule has 2 aliphatic rings. The number of amides is 1. The van der Waals surface area contributed by atoms with Crippen molar-refractivity contribution in [1.82, 2.24) is 10.2 Å². The third-order valence-corrected chi connectivity index (χ3v) is 4.28. The Balaban J connectivity index is 1.69. The molecule has 2 unspecified atom stereocenters. The van der Waals surface area contributed by atoms with Crippen LogP contribution < -0.4 is 14.8 Å². The summed E-state index contributed by atoms with van der Waals surface area (Å²) >= 11 is 0. The van der Waals surface area contributed by atoms with Crippen molar-refractivity contribution in [1.29, 1.82) is 0 Å². The van der Waals surface area contributed by atoms with E-state index in [1.54, 1.807) is 6.07 Å². The van der Waals surface area contributed by atoms with Crippen LogP contribution in [0, 0.1) is 5.92 Å². The Hall–Kier alpha value is -1.75. The fourth-order valence-electron chi connectivity index (χ4n) is 3.11. The third-order valence-electron chi connectivity index (χ3n) is 4.28.